The van der Waals surface area contributed by atoms with Gasteiger partial charge in [0, 0.05) is 54.8 Å². The number of methoxy groups -OCH3 is 1. The molecule has 0 spiro atoms. The number of aromatic nitrogens is 3. The summed E-state index contributed by atoms with van der Waals surface area (Å²) in [4.78, 5) is 13.0. The molecule has 0 saturated heterocycles. The largest absolute Gasteiger partial charge is 0.496 e. The fourth-order valence-electron chi connectivity index (χ4n) is 2.87. The fourth-order valence-corrected chi connectivity index (χ4v) is 2.87. The van der Waals surface area contributed by atoms with Crippen LogP contribution in [0.15, 0.2) is 48.9 Å². The lowest BCUT2D eigenvalue weighted by Crippen LogP contribution is -2.12. The monoisotopic (exact) mass is 363 g/mol. The minimum atomic E-state index is 0.255. The van der Waals surface area contributed by atoms with Gasteiger partial charge in [0.25, 0.3) is 0 Å². The molecule has 2 N–H and O–H groups in total. The van der Waals surface area contributed by atoms with Gasteiger partial charge in [0.2, 0.25) is 0 Å². The van der Waals surface area contributed by atoms with Crippen molar-refractivity contribution in [3.05, 3.63) is 60.2 Å². The van der Waals surface area contributed by atoms with Crippen LogP contribution in [0.5, 0.6) is 5.75 Å². The van der Waals surface area contributed by atoms with Gasteiger partial charge in [-0.15, -0.1) is 0 Å². The summed E-state index contributed by atoms with van der Waals surface area (Å²) in [5.74, 6) is 1.92. The van der Waals surface area contributed by atoms with Crippen molar-refractivity contribution in [2.24, 2.45) is 0 Å². The molecule has 6 heteroatoms. The Hall–Kier alpha value is -3.15. The first-order valence-electron chi connectivity index (χ1n) is 8.95. The third kappa shape index (κ3) is 4.53. The van der Waals surface area contributed by atoms with Gasteiger partial charge >= 0.3 is 0 Å². The zero-order valence-corrected chi connectivity index (χ0v) is 16.2. The van der Waals surface area contributed by atoms with Crippen LogP contribution in [0.1, 0.15) is 24.1 Å². The maximum Gasteiger partial charge on any atom is 0.129 e. The van der Waals surface area contributed by atoms with Crippen molar-refractivity contribution in [2.45, 2.75) is 19.8 Å². The van der Waals surface area contributed by atoms with Crippen LogP contribution in [-0.4, -0.2) is 35.7 Å². The number of benzene rings is 1. The van der Waals surface area contributed by atoms with Gasteiger partial charge in [-0.05, 0) is 30.7 Å². The highest BCUT2D eigenvalue weighted by Crippen LogP contribution is 2.29. The van der Waals surface area contributed by atoms with Crippen molar-refractivity contribution in [3.63, 3.8) is 0 Å². The summed E-state index contributed by atoms with van der Waals surface area (Å²) < 4.78 is 5.55. The first kappa shape index (κ1) is 18.6. The van der Waals surface area contributed by atoms with Gasteiger partial charge < -0.3 is 15.4 Å². The molecular weight excluding hydrogens is 338 g/mol. The van der Waals surface area contributed by atoms with Gasteiger partial charge in [-0.3, -0.25) is 4.98 Å². The molecule has 1 unspecified atom stereocenters. The summed E-state index contributed by atoms with van der Waals surface area (Å²) in [6, 6.07) is 12.1. The molecule has 3 aromatic rings. The number of hydrogen-bond acceptors (Lipinski definition) is 6. The van der Waals surface area contributed by atoms with Gasteiger partial charge in [0.05, 0.1) is 12.8 Å². The van der Waals surface area contributed by atoms with Crippen LogP contribution in [0, 0.1) is 6.92 Å². The van der Waals surface area contributed by atoms with Crippen LogP contribution >= 0.6 is 0 Å². The lowest BCUT2D eigenvalue weighted by molar-refractivity contribution is 0.407. The van der Waals surface area contributed by atoms with E-state index in [0.29, 0.717) is 0 Å². The molecular formula is C21H25N5O. The summed E-state index contributed by atoms with van der Waals surface area (Å²) in [5, 5.41) is 6.53. The number of hydrogen-bond donors (Lipinski definition) is 2. The Morgan fingerprint density at radius 3 is 2.63 bits per heavy atom. The first-order valence-corrected chi connectivity index (χ1v) is 8.95. The molecule has 0 aliphatic carbocycles. The van der Waals surface area contributed by atoms with Crippen LogP contribution < -0.4 is 15.4 Å². The van der Waals surface area contributed by atoms with E-state index in [0.717, 1.165) is 46.3 Å². The van der Waals surface area contributed by atoms with Gasteiger partial charge in [-0.25, -0.2) is 9.97 Å². The number of rotatable bonds is 7. The van der Waals surface area contributed by atoms with Gasteiger partial charge in [-0.1, -0.05) is 13.0 Å². The van der Waals surface area contributed by atoms with Crippen molar-refractivity contribution < 1.29 is 4.74 Å². The lowest BCUT2D eigenvalue weighted by atomic mass is 9.99. The van der Waals surface area contributed by atoms with E-state index in [1.807, 2.05) is 44.4 Å². The van der Waals surface area contributed by atoms with Crippen LogP contribution in [0.25, 0.3) is 11.3 Å². The molecule has 0 fully saturated rings. The molecule has 0 amide bonds. The molecule has 2 aromatic heterocycles. The number of ether oxygens (including phenoxy) is 1. The minimum absolute atomic E-state index is 0.255. The highest BCUT2D eigenvalue weighted by molar-refractivity contribution is 5.61. The highest BCUT2D eigenvalue weighted by Gasteiger charge is 2.12. The molecule has 27 heavy (non-hydrogen) atoms. The van der Waals surface area contributed by atoms with Gasteiger partial charge in [0.15, 0.2) is 0 Å². The van der Waals surface area contributed by atoms with Gasteiger partial charge in [-0.2, -0.15) is 0 Å². The Bertz CT molecular complexity index is 895. The maximum absolute atomic E-state index is 5.55. The molecule has 140 valence electrons. The topological polar surface area (TPSA) is 72.0 Å². The smallest absolute Gasteiger partial charge is 0.129 e. The van der Waals surface area contributed by atoms with Crippen molar-refractivity contribution in [1.82, 2.24) is 15.0 Å². The molecule has 3 rings (SSSR count). The van der Waals surface area contributed by atoms with E-state index in [1.165, 1.54) is 0 Å². The Labute approximate surface area is 160 Å². The van der Waals surface area contributed by atoms with Crippen molar-refractivity contribution >= 4 is 11.5 Å². The normalized spacial score (nSPS) is 11.7. The fraction of sp³-hybridized carbons (Fsp3) is 0.286. The van der Waals surface area contributed by atoms with Crippen molar-refractivity contribution in [2.75, 3.05) is 31.3 Å². The first-order chi connectivity index (χ1) is 13.1. The van der Waals surface area contributed by atoms with Gasteiger partial charge in [0.1, 0.15) is 17.9 Å². The van der Waals surface area contributed by atoms with Crippen LogP contribution in [0.2, 0.25) is 0 Å². The predicted molar refractivity (Wildman–Crippen MR) is 109 cm³/mol. The van der Waals surface area contributed by atoms with E-state index in [9.17, 15) is 0 Å². The van der Waals surface area contributed by atoms with Crippen molar-refractivity contribution in [3.8, 4) is 17.0 Å². The molecule has 0 radical (unpaired) electrons. The molecule has 0 aliphatic rings. The summed E-state index contributed by atoms with van der Waals surface area (Å²) >= 11 is 0. The van der Waals surface area contributed by atoms with E-state index in [1.54, 1.807) is 13.4 Å². The Kier molecular flexibility index (Phi) is 5.86. The molecule has 1 atom stereocenters. The summed E-state index contributed by atoms with van der Waals surface area (Å²) in [5.41, 5.74) is 4.99. The van der Waals surface area contributed by atoms with E-state index >= 15 is 0 Å². The Balaban J connectivity index is 1.71. The average Bonchev–Trinajstić information content (AvgIpc) is 2.72. The van der Waals surface area contributed by atoms with E-state index in [2.05, 4.69) is 44.6 Å². The van der Waals surface area contributed by atoms with E-state index in [4.69, 9.17) is 4.74 Å². The van der Waals surface area contributed by atoms with Crippen molar-refractivity contribution in [1.29, 1.82) is 0 Å². The molecule has 0 aliphatic heterocycles. The second kappa shape index (κ2) is 8.49. The molecule has 0 bridgehead atoms. The lowest BCUT2D eigenvalue weighted by Gasteiger charge is -2.18. The molecule has 0 saturated carbocycles. The van der Waals surface area contributed by atoms with Crippen LogP contribution in [0.4, 0.5) is 11.5 Å². The second-order valence-corrected chi connectivity index (χ2v) is 6.47. The highest BCUT2D eigenvalue weighted by atomic mass is 16.5. The average molecular weight is 363 g/mol. The quantitative estimate of drug-likeness (QED) is 0.658. The number of nitrogens with zero attached hydrogens (tertiary/aromatic N) is 3. The van der Waals surface area contributed by atoms with E-state index < -0.39 is 0 Å². The second-order valence-electron chi connectivity index (χ2n) is 6.47. The third-order valence-corrected chi connectivity index (χ3v) is 4.52. The standard InChI is InChI=1S/C21H25N5O/c1-14(18-8-7-17(22-3)9-20(18)27-4)11-24-21-10-19(25-13-26-21)16-6-5-15(2)23-12-16/h5-10,12-14,22H,11H2,1-4H3,(H,24,25,26). The summed E-state index contributed by atoms with van der Waals surface area (Å²) in [7, 11) is 3.60. The molecule has 2 heterocycles. The Morgan fingerprint density at radius 1 is 1.07 bits per heavy atom. The Morgan fingerprint density at radius 2 is 1.93 bits per heavy atom. The zero-order valence-electron chi connectivity index (χ0n) is 16.2. The van der Waals surface area contributed by atoms with Crippen LogP contribution in [-0.2, 0) is 0 Å². The number of nitrogens with one attached hydrogen (secondary N) is 2. The minimum Gasteiger partial charge on any atom is -0.496 e. The number of anilines is 2. The molecule has 6 nitrogen and oxygen atoms in total. The van der Waals surface area contributed by atoms with E-state index in [-0.39, 0.29) is 5.92 Å². The van der Waals surface area contributed by atoms with Crippen LogP contribution in [0.3, 0.4) is 0 Å². The molecule has 1 aromatic carbocycles. The summed E-state index contributed by atoms with van der Waals surface area (Å²) in [6.45, 7) is 4.86. The predicted octanol–water partition coefficient (Wildman–Crippen LogP) is 4.11. The SMILES string of the molecule is CNc1ccc(C(C)CNc2cc(-c3ccc(C)nc3)ncn2)c(OC)c1. The third-order valence-electron chi connectivity index (χ3n) is 4.52. The number of aryl methyl sites for hydroxylation is 1. The number of pyridine rings is 1. The zero-order chi connectivity index (χ0) is 19.2. The maximum atomic E-state index is 5.55. The summed E-state index contributed by atoms with van der Waals surface area (Å²) in [6.07, 6.45) is 3.41.